The minimum absolute atomic E-state index is 0.111. The first kappa shape index (κ1) is 6.88. The monoisotopic (exact) mass is 175 g/mol. The number of nitrogens with one attached hydrogen (secondary N) is 2. The van der Waals surface area contributed by atoms with Gasteiger partial charge in [0.2, 0.25) is 0 Å². The standard InChI is InChI=1S/C9H9N3O/c13-9-7-6(3-4-10-9)11-8(12-7)5-1-2-5/h3-5H,1-2H2,(H,10,13)(H,11,12). The lowest BCUT2D eigenvalue weighted by Crippen LogP contribution is -2.03. The molecule has 4 nitrogen and oxygen atoms in total. The quantitative estimate of drug-likeness (QED) is 0.682. The van der Waals surface area contributed by atoms with Gasteiger partial charge in [0.05, 0.1) is 5.52 Å². The predicted molar refractivity (Wildman–Crippen MR) is 48.7 cm³/mol. The third-order valence-corrected chi connectivity index (χ3v) is 2.39. The Kier molecular flexibility index (Phi) is 1.17. The molecule has 0 aliphatic heterocycles. The van der Waals surface area contributed by atoms with E-state index in [1.54, 1.807) is 6.20 Å². The zero-order valence-electron chi connectivity index (χ0n) is 7.00. The molecule has 0 atom stereocenters. The fraction of sp³-hybridized carbons (Fsp3) is 0.333. The van der Waals surface area contributed by atoms with Crippen LogP contribution in [0.3, 0.4) is 0 Å². The second-order valence-corrected chi connectivity index (χ2v) is 3.47. The molecular formula is C9H9N3O. The SMILES string of the molecule is O=c1[nH]ccc2[nH]c(C3CC3)nc12. The Morgan fingerprint density at radius 1 is 1.46 bits per heavy atom. The van der Waals surface area contributed by atoms with Crippen LogP contribution in [0.1, 0.15) is 24.6 Å². The van der Waals surface area contributed by atoms with Crippen molar-refractivity contribution in [3.8, 4) is 0 Å². The number of hydrogen-bond acceptors (Lipinski definition) is 2. The van der Waals surface area contributed by atoms with E-state index < -0.39 is 0 Å². The Bertz CT molecular complexity index is 507. The number of imidazole rings is 1. The highest BCUT2D eigenvalue weighted by Gasteiger charge is 2.26. The molecule has 0 unspecified atom stereocenters. The Labute approximate surface area is 74.0 Å². The van der Waals surface area contributed by atoms with Gasteiger partial charge in [0.25, 0.3) is 5.56 Å². The van der Waals surface area contributed by atoms with Gasteiger partial charge in [-0.05, 0) is 18.9 Å². The van der Waals surface area contributed by atoms with Crippen molar-refractivity contribution in [1.82, 2.24) is 15.0 Å². The molecule has 1 saturated carbocycles. The minimum Gasteiger partial charge on any atom is -0.342 e. The molecule has 2 heterocycles. The van der Waals surface area contributed by atoms with E-state index in [2.05, 4.69) is 15.0 Å². The van der Waals surface area contributed by atoms with E-state index in [0.717, 1.165) is 11.3 Å². The molecule has 0 spiro atoms. The summed E-state index contributed by atoms with van der Waals surface area (Å²) in [5, 5.41) is 0. The van der Waals surface area contributed by atoms with Crippen LogP contribution in [0.2, 0.25) is 0 Å². The van der Waals surface area contributed by atoms with Crippen LogP contribution < -0.4 is 5.56 Å². The van der Waals surface area contributed by atoms with Gasteiger partial charge in [0, 0.05) is 12.1 Å². The predicted octanol–water partition coefficient (Wildman–Crippen LogP) is 1.13. The fourth-order valence-corrected chi connectivity index (χ4v) is 1.52. The maximum absolute atomic E-state index is 11.3. The molecule has 1 aliphatic rings. The first-order valence-corrected chi connectivity index (χ1v) is 4.42. The first-order valence-electron chi connectivity index (χ1n) is 4.42. The highest BCUT2D eigenvalue weighted by atomic mass is 16.1. The van der Waals surface area contributed by atoms with Crippen molar-refractivity contribution in [2.45, 2.75) is 18.8 Å². The number of fused-ring (bicyclic) bond motifs is 1. The van der Waals surface area contributed by atoms with E-state index >= 15 is 0 Å². The van der Waals surface area contributed by atoms with Crippen LogP contribution in [0.15, 0.2) is 17.1 Å². The summed E-state index contributed by atoms with van der Waals surface area (Å²) in [7, 11) is 0. The highest BCUT2D eigenvalue weighted by Crippen LogP contribution is 2.38. The number of pyridine rings is 1. The molecule has 2 aromatic rings. The topological polar surface area (TPSA) is 61.5 Å². The van der Waals surface area contributed by atoms with E-state index in [9.17, 15) is 4.79 Å². The summed E-state index contributed by atoms with van der Waals surface area (Å²) in [5.41, 5.74) is 1.26. The molecule has 1 aliphatic carbocycles. The van der Waals surface area contributed by atoms with Crippen LogP contribution in [0, 0.1) is 0 Å². The molecule has 0 radical (unpaired) electrons. The van der Waals surface area contributed by atoms with Crippen LogP contribution in [-0.4, -0.2) is 15.0 Å². The van der Waals surface area contributed by atoms with Gasteiger partial charge in [-0.1, -0.05) is 0 Å². The van der Waals surface area contributed by atoms with E-state index in [1.165, 1.54) is 12.8 Å². The van der Waals surface area contributed by atoms with Crippen LogP contribution >= 0.6 is 0 Å². The molecule has 0 aromatic carbocycles. The van der Waals surface area contributed by atoms with Crippen molar-refractivity contribution in [2.24, 2.45) is 0 Å². The van der Waals surface area contributed by atoms with Crippen LogP contribution in [0.5, 0.6) is 0 Å². The Morgan fingerprint density at radius 3 is 3.00 bits per heavy atom. The molecule has 2 aromatic heterocycles. The molecule has 0 bridgehead atoms. The lowest BCUT2D eigenvalue weighted by molar-refractivity contribution is 0.985. The second-order valence-electron chi connectivity index (χ2n) is 3.47. The first-order chi connectivity index (χ1) is 6.34. The molecule has 3 rings (SSSR count). The number of aromatic amines is 2. The highest BCUT2D eigenvalue weighted by molar-refractivity contribution is 5.73. The van der Waals surface area contributed by atoms with Crippen molar-refractivity contribution in [3.05, 3.63) is 28.4 Å². The molecule has 13 heavy (non-hydrogen) atoms. The van der Waals surface area contributed by atoms with Gasteiger partial charge in [-0.2, -0.15) is 0 Å². The average Bonchev–Trinajstić information content (AvgIpc) is 2.87. The van der Waals surface area contributed by atoms with Crippen molar-refractivity contribution < 1.29 is 0 Å². The van der Waals surface area contributed by atoms with E-state index in [-0.39, 0.29) is 5.56 Å². The van der Waals surface area contributed by atoms with E-state index in [0.29, 0.717) is 11.4 Å². The smallest absolute Gasteiger partial charge is 0.276 e. The Hall–Kier alpha value is -1.58. The molecular weight excluding hydrogens is 166 g/mol. The summed E-state index contributed by atoms with van der Waals surface area (Å²) in [6.45, 7) is 0. The largest absolute Gasteiger partial charge is 0.342 e. The summed E-state index contributed by atoms with van der Waals surface area (Å²) in [5.74, 6) is 1.53. The van der Waals surface area contributed by atoms with Gasteiger partial charge in [-0.15, -0.1) is 0 Å². The number of nitrogens with zero attached hydrogens (tertiary/aromatic N) is 1. The maximum Gasteiger partial charge on any atom is 0.276 e. The molecule has 1 fully saturated rings. The van der Waals surface area contributed by atoms with E-state index in [1.807, 2.05) is 6.07 Å². The number of H-pyrrole nitrogens is 2. The molecule has 0 amide bonds. The van der Waals surface area contributed by atoms with Crippen molar-refractivity contribution in [3.63, 3.8) is 0 Å². The fourth-order valence-electron chi connectivity index (χ4n) is 1.52. The lowest BCUT2D eigenvalue weighted by Gasteiger charge is -1.84. The van der Waals surface area contributed by atoms with Gasteiger partial charge in [-0.3, -0.25) is 4.79 Å². The van der Waals surface area contributed by atoms with Crippen molar-refractivity contribution >= 4 is 11.0 Å². The third-order valence-electron chi connectivity index (χ3n) is 2.39. The zero-order valence-corrected chi connectivity index (χ0v) is 7.00. The summed E-state index contributed by atoms with van der Waals surface area (Å²) in [6.07, 6.45) is 4.02. The Balaban J connectivity index is 2.32. The Morgan fingerprint density at radius 2 is 2.31 bits per heavy atom. The van der Waals surface area contributed by atoms with Crippen LogP contribution in [-0.2, 0) is 0 Å². The van der Waals surface area contributed by atoms with Gasteiger partial charge in [0.1, 0.15) is 5.82 Å². The van der Waals surface area contributed by atoms with Crippen molar-refractivity contribution in [2.75, 3.05) is 0 Å². The van der Waals surface area contributed by atoms with Gasteiger partial charge in [-0.25, -0.2) is 4.98 Å². The number of hydrogen-bond donors (Lipinski definition) is 2. The summed E-state index contributed by atoms with van der Waals surface area (Å²) in [6, 6.07) is 1.84. The van der Waals surface area contributed by atoms with Gasteiger partial charge in [0.15, 0.2) is 5.52 Å². The maximum atomic E-state index is 11.3. The van der Waals surface area contributed by atoms with Gasteiger partial charge >= 0.3 is 0 Å². The van der Waals surface area contributed by atoms with Crippen molar-refractivity contribution in [1.29, 1.82) is 0 Å². The minimum atomic E-state index is -0.111. The molecule has 0 saturated heterocycles. The second kappa shape index (κ2) is 2.22. The number of aromatic nitrogens is 3. The summed E-state index contributed by atoms with van der Waals surface area (Å²) < 4.78 is 0. The van der Waals surface area contributed by atoms with E-state index in [4.69, 9.17) is 0 Å². The molecule has 66 valence electrons. The average molecular weight is 175 g/mol. The molecule has 2 N–H and O–H groups in total. The van der Waals surface area contributed by atoms with Gasteiger partial charge < -0.3 is 9.97 Å². The lowest BCUT2D eigenvalue weighted by atomic mass is 10.4. The zero-order chi connectivity index (χ0) is 8.84. The van der Waals surface area contributed by atoms with Crippen LogP contribution in [0.4, 0.5) is 0 Å². The normalized spacial score (nSPS) is 16.6. The molecule has 4 heteroatoms. The third kappa shape index (κ3) is 0.983. The summed E-state index contributed by atoms with van der Waals surface area (Å²) in [4.78, 5) is 21.3. The number of rotatable bonds is 1. The summed E-state index contributed by atoms with van der Waals surface area (Å²) >= 11 is 0. The van der Waals surface area contributed by atoms with Crippen LogP contribution in [0.25, 0.3) is 11.0 Å².